The second-order valence-corrected chi connectivity index (χ2v) is 7.26. The van der Waals surface area contributed by atoms with Crippen molar-refractivity contribution < 1.29 is 18.7 Å². The average molecular weight is 385 g/mol. The quantitative estimate of drug-likeness (QED) is 0.753. The second-order valence-electron chi connectivity index (χ2n) is 7.26. The van der Waals surface area contributed by atoms with E-state index in [9.17, 15) is 9.59 Å². The molecule has 1 fully saturated rings. The van der Waals surface area contributed by atoms with E-state index in [2.05, 4.69) is 10.2 Å². The molecule has 1 aliphatic rings. The Kier molecular flexibility index (Phi) is 6.36. The fraction of sp³-hybridized carbons (Fsp3) is 0.429. The Balaban J connectivity index is 1.58. The maximum atomic E-state index is 12.7. The molecule has 0 aliphatic carbocycles. The lowest BCUT2D eigenvalue weighted by atomic mass is 10.0. The van der Waals surface area contributed by atoms with Crippen molar-refractivity contribution in [3.63, 3.8) is 0 Å². The molecule has 0 saturated carbocycles. The number of carbonyl (C=O) groups is 2. The highest BCUT2D eigenvalue weighted by atomic mass is 16.5. The van der Waals surface area contributed by atoms with Crippen LogP contribution in [0.5, 0.6) is 5.75 Å². The first-order valence-corrected chi connectivity index (χ1v) is 9.36. The summed E-state index contributed by atoms with van der Waals surface area (Å²) >= 11 is 0. The molecule has 1 aromatic carbocycles. The largest absolute Gasteiger partial charge is 0.497 e. The maximum absolute atomic E-state index is 12.7. The lowest BCUT2D eigenvalue weighted by Crippen LogP contribution is -2.38. The van der Waals surface area contributed by atoms with E-state index in [1.54, 1.807) is 24.3 Å². The monoisotopic (exact) mass is 385 g/mol. The van der Waals surface area contributed by atoms with Gasteiger partial charge in [0.15, 0.2) is 0 Å². The van der Waals surface area contributed by atoms with Gasteiger partial charge >= 0.3 is 0 Å². The highest BCUT2D eigenvalue weighted by Crippen LogP contribution is 2.24. The summed E-state index contributed by atoms with van der Waals surface area (Å²) < 4.78 is 10.6. The van der Waals surface area contributed by atoms with Gasteiger partial charge in [0.2, 0.25) is 11.8 Å². The van der Waals surface area contributed by atoms with E-state index in [0.29, 0.717) is 19.6 Å². The molecule has 0 bridgehead atoms. The third kappa shape index (κ3) is 4.72. The summed E-state index contributed by atoms with van der Waals surface area (Å²) in [5.74, 6) is 1.06. The van der Waals surface area contributed by atoms with Gasteiger partial charge in [0.25, 0.3) is 0 Å². The first-order chi connectivity index (χ1) is 13.5. The number of likely N-dealkylation sites (tertiary alicyclic amines) is 1. The molecule has 150 valence electrons. The van der Waals surface area contributed by atoms with Crippen LogP contribution in [0.4, 0.5) is 0 Å². The molecule has 0 spiro atoms. The number of amides is 2. The number of likely N-dealkylation sites (N-methyl/N-ethyl adjacent to an activating group) is 1. The molecule has 1 N–H and O–H groups in total. The van der Waals surface area contributed by atoms with Crippen LogP contribution in [0.2, 0.25) is 0 Å². The SMILES string of the molecule is COc1cccc(C(CNC(=O)C2CC(=O)N(Cc3ccco3)C2)N(C)C)c1. The van der Waals surface area contributed by atoms with Gasteiger partial charge in [-0.25, -0.2) is 0 Å². The number of rotatable bonds is 8. The summed E-state index contributed by atoms with van der Waals surface area (Å²) in [6.45, 7) is 1.28. The predicted molar refractivity (Wildman–Crippen MR) is 105 cm³/mol. The number of nitrogens with one attached hydrogen (secondary N) is 1. The number of hydrogen-bond donors (Lipinski definition) is 1. The minimum atomic E-state index is -0.337. The molecule has 2 atom stereocenters. The van der Waals surface area contributed by atoms with Gasteiger partial charge in [-0.1, -0.05) is 12.1 Å². The molecule has 1 aliphatic heterocycles. The van der Waals surface area contributed by atoms with Crippen LogP contribution in [0, 0.1) is 5.92 Å². The van der Waals surface area contributed by atoms with E-state index in [0.717, 1.165) is 17.1 Å². The molecule has 1 aromatic heterocycles. The van der Waals surface area contributed by atoms with Crippen molar-refractivity contribution >= 4 is 11.8 Å². The molecule has 1 saturated heterocycles. The van der Waals surface area contributed by atoms with Crippen LogP contribution in [0.25, 0.3) is 0 Å². The van der Waals surface area contributed by atoms with E-state index >= 15 is 0 Å². The van der Waals surface area contributed by atoms with Crippen molar-refractivity contribution in [3.8, 4) is 5.75 Å². The molecule has 3 rings (SSSR count). The van der Waals surface area contributed by atoms with Crippen LogP contribution in [0.15, 0.2) is 47.1 Å². The van der Waals surface area contributed by atoms with Gasteiger partial charge in [-0.3, -0.25) is 9.59 Å². The molecular formula is C21H27N3O4. The Morgan fingerprint density at radius 3 is 2.86 bits per heavy atom. The first-order valence-electron chi connectivity index (χ1n) is 9.36. The molecule has 2 aromatic rings. The van der Waals surface area contributed by atoms with Crippen LogP contribution in [0.1, 0.15) is 23.8 Å². The maximum Gasteiger partial charge on any atom is 0.225 e. The van der Waals surface area contributed by atoms with Crippen LogP contribution in [-0.4, -0.2) is 55.9 Å². The number of methoxy groups -OCH3 is 1. The standard InChI is InChI=1S/C21H27N3O4/c1-23(2)19(15-6-4-7-17(10-15)27-3)12-22-21(26)16-11-20(25)24(13-16)14-18-8-5-9-28-18/h4-10,16,19H,11-14H2,1-3H3,(H,22,26). The van der Waals surface area contributed by atoms with Crippen molar-refractivity contribution in [2.45, 2.75) is 19.0 Å². The minimum Gasteiger partial charge on any atom is -0.497 e. The van der Waals surface area contributed by atoms with E-state index in [1.807, 2.05) is 44.4 Å². The Hall–Kier alpha value is -2.80. The fourth-order valence-electron chi connectivity index (χ4n) is 3.48. The molecule has 2 amide bonds. The van der Waals surface area contributed by atoms with Crippen LogP contribution in [-0.2, 0) is 16.1 Å². The van der Waals surface area contributed by atoms with Gasteiger partial charge in [-0.15, -0.1) is 0 Å². The third-order valence-electron chi connectivity index (χ3n) is 5.08. The Morgan fingerprint density at radius 2 is 2.18 bits per heavy atom. The predicted octanol–water partition coefficient (Wildman–Crippen LogP) is 2.06. The Morgan fingerprint density at radius 1 is 1.36 bits per heavy atom. The molecule has 28 heavy (non-hydrogen) atoms. The van der Waals surface area contributed by atoms with E-state index in [-0.39, 0.29) is 30.2 Å². The Bertz CT molecular complexity index is 804. The molecule has 0 radical (unpaired) electrons. The van der Waals surface area contributed by atoms with Crippen molar-refractivity contribution in [2.24, 2.45) is 5.92 Å². The van der Waals surface area contributed by atoms with Gasteiger partial charge in [-0.2, -0.15) is 0 Å². The summed E-state index contributed by atoms with van der Waals surface area (Å²) in [4.78, 5) is 28.6. The summed E-state index contributed by atoms with van der Waals surface area (Å²) in [5.41, 5.74) is 1.06. The van der Waals surface area contributed by atoms with Crippen molar-refractivity contribution in [1.29, 1.82) is 0 Å². The number of carbonyl (C=O) groups excluding carboxylic acids is 2. The molecule has 2 heterocycles. The highest BCUT2D eigenvalue weighted by Gasteiger charge is 2.34. The fourth-order valence-corrected chi connectivity index (χ4v) is 3.48. The zero-order valence-corrected chi connectivity index (χ0v) is 16.6. The number of benzene rings is 1. The van der Waals surface area contributed by atoms with Gasteiger partial charge in [0, 0.05) is 19.5 Å². The topological polar surface area (TPSA) is 75.0 Å². The van der Waals surface area contributed by atoms with E-state index in [4.69, 9.17) is 9.15 Å². The van der Waals surface area contributed by atoms with Crippen molar-refractivity contribution in [2.75, 3.05) is 34.3 Å². The molecular weight excluding hydrogens is 358 g/mol. The van der Waals surface area contributed by atoms with Crippen LogP contribution in [0.3, 0.4) is 0 Å². The smallest absolute Gasteiger partial charge is 0.225 e. The number of hydrogen-bond acceptors (Lipinski definition) is 5. The van der Waals surface area contributed by atoms with Crippen molar-refractivity contribution in [3.05, 3.63) is 54.0 Å². The average Bonchev–Trinajstić information content (AvgIpc) is 3.32. The zero-order valence-electron chi connectivity index (χ0n) is 16.6. The van der Waals surface area contributed by atoms with Crippen LogP contribution >= 0.6 is 0 Å². The molecule has 2 unspecified atom stereocenters. The van der Waals surface area contributed by atoms with Gasteiger partial charge in [-0.05, 0) is 43.9 Å². The summed E-state index contributed by atoms with van der Waals surface area (Å²) in [7, 11) is 5.58. The molecule has 7 nitrogen and oxygen atoms in total. The van der Waals surface area contributed by atoms with E-state index in [1.165, 1.54) is 0 Å². The highest BCUT2D eigenvalue weighted by molar-refractivity contribution is 5.89. The zero-order chi connectivity index (χ0) is 20.1. The minimum absolute atomic E-state index is 0.00961. The van der Waals surface area contributed by atoms with Gasteiger partial charge < -0.3 is 24.3 Å². The summed E-state index contributed by atoms with van der Waals surface area (Å²) in [6, 6.07) is 11.5. The third-order valence-corrected chi connectivity index (χ3v) is 5.08. The lowest BCUT2D eigenvalue weighted by Gasteiger charge is -2.26. The number of ether oxygens (including phenoxy) is 1. The Labute approximate surface area is 165 Å². The van der Waals surface area contributed by atoms with Crippen LogP contribution < -0.4 is 10.1 Å². The normalized spacial score (nSPS) is 17.8. The summed E-state index contributed by atoms with van der Waals surface area (Å²) in [5, 5.41) is 3.02. The molecule has 7 heteroatoms. The van der Waals surface area contributed by atoms with Crippen molar-refractivity contribution in [1.82, 2.24) is 15.1 Å². The first kappa shape index (κ1) is 19.9. The van der Waals surface area contributed by atoms with Gasteiger partial charge in [0.1, 0.15) is 11.5 Å². The number of nitrogens with zero attached hydrogens (tertiary/aromatic N) is 2. The second kappa shape index (κ2) is 8.93. The lowest BCUT2D eigenvalue weighted by molar-refractivity contribution is -0.129. The van der Waals surface area contributed by atoms with E-state index < -0.39 is 0 Å². The van der Waals surface area contributed by atoms with Gasteiger partial charge in [0.05, 0.1) is 31.9 Å². The number of furan rings is 1. The summed E-state index contributed by atoms with van der Waals surface area (Å²) in [6.07, 6.45) is 1.82.